The number of hydrogen-bond acceptors (Lipinski definition) is 4. The van der Waals surface area contributed by atoms with Crippen LogP contribution in [0.15, 0.2) is 24.3 Å². The van der Waals surface area contributed by atoms with Crippen molar-refractivity contribution in [2.24, 2.45) is 5.92 Å². The first-order valence-corrected chi connectivity index (χ1v) is 9.36. The number of benzene rings is 1. The quantitative estimate of drug-likeness (QED) is 0.877. The molecule has 2 rings (SSSR count). The van der Waals surface area contributed by atoms with Crippen molar-refractivity contribution < 1.29 is 13.2 Å². The fourth-order valence-corrected chi connectivity index (χ4v) is 4.74. The molecule has 1 aliphatic heterocycles. The van der Waals surface area contributed by atoms with E-state index in [1.54, 1.807) is 0 Å². The van der Waals surface area contributed by atoms with Gasteiger partial charge in [0.05, 0.1) is 17.6 Å². The predicted octanol–water partition coefficient (Wildman–Crippen LogP) is 2.56. The van der Waals surface area contributed by atoms with Crippen molar-refractivity contribution in [2.75, 3.05) is 18.6 Å². The van der Waals surface area contributed by atoms with E-state index in [0.717, 1.165) is 18.6 Å². The van der Waals surface area contributed by atoms with E-state index in [9.17, 15) is 8.42 Å². The number of sulfone groups is 1. The molecule has 1 saturated heterocycles. The number of nitrogens with one attached hydrogen (secondary N) is 1. The van der Waals surface area contributed by atoms with Crippen molar-refractivity contribution in [2.45, 2.75) is 38.8 Å². The van der Waals surface area contributed by atoms with Gasteiger partial charge in [-0.3, -0.25) is 0 Å². The second kappa shape index (κ2) is 6.79. The smallest absolute Gasteiger partial charge is 0.150 e. The van der Waals surface area contributed by atoms with E-state index in [1.165, 1.54) is 5.56 Å². The van der Waals surface area contributed by atoms with Crippen LogP contribution >= 0.6 is 0 Å². The molecule has 0 amide bonds. The summed E-state index contributed by atoms with van der Waals surface area (Å²) in [6.07, 6.45) is 1.81. The van der Waals surface area contributed by atoms with Gasteiger partial charge >= 0.3 is 0 Å². The third-order valence-electron chi connectivity index (χ3n) is 3.90. The zero-order valence-corrected chi connectivity index (χ0v) is 13.8. The highest BCUT2D eigenvalue weighted by molar-refractivity contribution is 7.91. The minimum atomic E-state index is -2.80. The van der Waals surface area contributed by atoms with E-state index in [1.807, 2.05) is 33.0 Å². The summed E-state index contributed by atoms with van der Waals surface area (Å²) in [7, 11) is -0.876. The third-order valence-corrected chi connectivity index (χ3v) is 5.74. The van der Waals surface area contributed by atoms with E-state index < -0.39 is 9.84 Å². The Bertz CT molecular complexity index is 551. The van der Waals surface area contributed by atoms with Crippen molar-refractivity contribution in [1.29, 1.82) is 0 Å². The number of rotatable bonds is 6. The van der Waals surface area contributed by atoms with Crippen LogP contribution in [0.25, 0.3) is 0 Å². The minimum Gasteiger partial charge on any atom is -0.491 e. The molecule has 1 N–H and O–H groups in total. The maximum absolute atomic E-state index is 11.6. The molecule has 1 fully saturated rings. The summed E-state index contributed by atoms with van der Waals surface area (Å²) in [6, 6.07) is 8.26. The average molecular weight is 311 g/mol. The molecule has 1 heterocycles. The third kappa shape index (κ3) is 4.71. The van der Waals surface area contributed by atoms with Crippen LogP contribution in [0.5, 0.6) is 5.75 Å². The molecule has 0 spiro atoms. The lowest BCUT2D eigenvalue weighted by Gasteiger charge is -2.20. The van der Waals surface area contributed by atoms with E-state index in [-0.39, 0.29) is 18.1 Å². The topological polar surface area (TPSA) is 55.4 Å². The Hall–Kier alpha value is -1.07. The number of ether oxygens (including phenoxy) is 1. The molecular weight excluding hydrogens is 286 g/mol. The van der Waals surface area contributed by atoms with Crippen LogP contribution in [-0.2, 0) is 9.84 Å². The van der Waals surface area contributed by atoms with Gasteiger partial charge in [-0.1, -0.05) is 12.1 Å². The van der Waals surface area contributed by atoms with Crippen LogP contribution in [0.4, 0.5) is 0 Å². The first-order chi connectivity index (χ1) is 9.89. The van der Waals surface area contributed by atoms with Gasteiger partial charge in [-0.05, 0) is 57.4 Å². The van der Waals surface area contributed by atoms with Crippen molar-refractivity contribution in [1.82, 2.24) is 5.32 Å². The summed E-state index contributed by atoms with van der Waals surface area (Å²) in [6.45, 7) is 4.01. The fourth-order valence-electron chi connectivity index (χ4n) is 2.86. The highest BCUT2D eigenvalue weighted by atomic mass is 32.2. The van der Waals surface area contributed by atoms with Crippen LogP contribution in [-0.4, -0.2) is 33.1 Å². The standard InChI is InChI=1S/C16H25NO3S/c1-12(2)20-15-6-4-14(5-7-15)16(17-3)10-13-8-9-21(18,19)11-13/h4-7,12-13,16-17H,8-11H2,1-3H3. The molecule has 0 radical (unpaired) electrons. The summed E-state index contributed by atoms with van der Waals surface area (Å²) in [5.74, 6) is 1.81. The summed E-state index contributed by atoms with van der Waals surface area (Å²) in [5, 5.41) is 3.30. The monoisotopic (exact) mass is 311 g/mol. The predicted molar refractivity (Wildman–Crippen MR) is 85.4 cm³/mol. The first-order valence-electron chi connectivity index (χ1n) is 7.54. The fraction of sp³-hybridized carbons (Fsp3) is 0.625. The molecule has 118 valence electrons. The van der Waals surface area contributed by atoms with E-state index in [2.05, 4.69) is 17.4 Å². The lowest BCUT2D eigenvalue weighted by Crippen LogP contribution is -2.20. The maximum Gasteiger partial charge on any atom is 0.150 e. The van der Waals surface area contributed by atoms with E-state index in [4.69, 9.17) is 4.74 Å². The highest BCUT2D eigenvalue weighted by Crippen LogP contribution is 2.29. The first kappa shape index (κ1) is 16.3. The molecule has 4 nitrogen and oxygen atoms in total. The van der Waals surface area contributed by atoms with Gasteiger partial charge in [0.25, 0.3) is 0 Å². The Morgan fingerprint density at radius 1 is 1.29 bits per heavy atom. The average Bonchev–Trinajstić information content (AvgIpc) is 2.76. The van der Waals surface area contributed by atoms with Crippen molar-refractivity contribution in [3.05, 3.63) is 29.8 Å². The van der Waals surface area contributed by atoms with Gasteiger partial charge in [-0.2, -0.15) is 0 Å². The molecule has 0 bridgehead atoms. The zero-order valence-electron chi connectivity index (χ0n) is 13.0. The SMILES string of the molecule is CNC(CC1CCS(=O)(=O)C1)c1ccc(OC(C)C)cc1. The van der Waals surface area contributed by atoms with Gasteiger partial charge in [-0.15, -0.1) is 0 Å². The van der Waals surface area contributed by atoms with Crippen LogP contribution in [0.3, 0.4) is 0 Å². The summed E-state index contributed by atoms with van der Waals surface area (Å²) in [4.78, 5) is 0. The molecule has 21 heavy (non-hydrogen) atoms. The second-order valence-electron chi connectivity index (χ2n) is 6.08. The zero-order chi connectivity index (χ0) is 15.5. The van der Waals surface area contributed by atoms with E-state index in [0.29, 0.717) is 11.5 Å². The van der Waals surface area contributed by atoms with Gasteiger partial charge in [0.15, 0.2) is 9.84 Å². The molecule has 5 heteroatoms. The molecular formula is C16H25NO3S. The van der Waals surface area contributed by atoms with Crippen LogP contribution in [0.1, 0.15) is 38.3 Å². The normalized spacial score (nSPS) is 22.4. The van der Waals surface area contributed by atoms with E-state index >= 15 is 0 Å². The minimum absolute atomic E-state index is 0.166. The van der Waals surface area contributed by atoms with Crippen LogP contribution in [0, 0.1) is 5.92 Å². The Kier molecular flexibility index (Phi) is 5.27. The molecule has 2 atom stereocenters. The highest BCUT2D eigenvalue weighted by Gasteiger charge is 2.29. The Morgan fingerprint density at radius 3 is 2.43 bits per heavy atom. The maximum atomic E-state index is 11.6. The molecule has 0 aliphatic carbocycles. The second-order valence-corrected chi connectivity index (χ2v) is 8.31. The van der Waals surface area contributed by atoms with Gasteiger partial charge in [0.1, 0.15) is 5.75 Å². The van der Waals surface area contributed by atoms with Gasteiger partial charge < -0.3 is 10.1 Å². The molecule has 1 aliphatic rings. The van der Waals surface area contributed by atoms with Gasteiger partial charge in [0.2, 0.25) is 0 Å². The van der Waals surface area contributed by atoms with Crippen LogP contribution < -0.4 is 10.1 Å². The lowest BCUT2D eigenvalue weighted by molar-refractivity contribution is 0.242. The Balaban J connectivity index is 2.00. The number of hydrogen-bond donors (Lipinski definition) is 1. The summed E-state index contributed by atoms with van der Waals surface area (Å²) >= 11 is 0. The van der Waals surface area contributed by atoms with Gasteiger partial charge in [-0.25, -0.2) is 8.42 Å². The van der Waals surface area contributed by atoms with Gasteiger partial charge in [0, 0.05) is 6.04 Å². The van der Waals surface area contributed by atoms with Crippen molar-refractivity contribution in [3.8, 4) is 5.75 Å². The summed E-state index contributed by atoms with van der Waals surface area (Å²) in [5.41, 5.74) is 1.18. The molecule has 0 saturated carbocycles. The Morgan fingerprint density at radius 2 is 1.95 bits per heavy atom. The van der Waals surface area contributed by atoms with Crippen LogP contribution in [0.2, 0.25) is 0 Å². The molecule has 0 aromatic heterocycles. The summed E-state index contributed by atoms with van der Waals surface area (Å²) < 4.78 is 28.8. The van der Waals surface area contributed by atoms with Crippen molar-refractivity contribution >= 4 is 9.84 Å². The molecule has 1 aromatic carbocycles. The largest absolute Gasteiger partial charge is 0.491 e. The van der Waals surface area contributed by atoms with Crippen molar-refractivity contribution in [3.63, 3.8) is 0 Å². The lowest BCUT2D eigenvalue weighted by atomic mass is 9.94. The molecule has 1 aromatic rings. The molecule has 2 unspecified atom stereocenters. The Labute approximate surface area is 127 Å².